The number of amides is 1. The van der Waals surface area contributed by atoms with Gasteiger partial charge in [0.25, 0.3) is 0 Å². The number of halogens is 3. The maximum atomic E-state index is 13.4. The summed E-state index contributed by atoms with van der Waals surface area (Å²) in [6.45, 7) is 1.39. The summed E-state index contributed by atoms with van der Waals surface area (Å²) in [6.07, 6.45) is 2.87. The number of aromatic nitrogens is 2. The molecule has 1 aliphatic heterocycles. The highest BCUT2D eigenvalue weighted by Crippen LogP contribution is 2.40. The molecule has 10 heteroatoms. The highest BCUT2D eigenvalue weighted by Gasteiger charge is 2.43. The Morgan fingerprint density at radius 3 is 2.48 bits per heavy atom. The number of benzene rings is 1. The first-order chi connectivity index (χ1) is 13.8. The van der Waals surface area contributed by atoms with Crippen LogP contribution < -0.4 is 0 Å². The van der Waals surface area contributed by atoms with Crippen LogP contribution in [0.3, 0.4) is 0 Å². The molecule has 2 fully saturated rings. The molecule has 1 aromatic heterocycles. The lowest BCUT2D eigenvalue weighted by molar-refractivity contribution is 0.0382. The van der Waals surface area contributed by atoms with Crippen LogP contribution in [-0.2, 0) is 11.3 Å². The Labute approximate surface area is 175 Å². The zero-order chi connectivity index (χ0) is 20.7. The van der Waals surface area contributed by atoms with E-state index in [2.05, 4.69) is 5.10 Å². The smallest absolute Gasteiger partial charge is 0.357 e. The third kappa shape index (κ3) is 4.24. The lowest BCUT2D eigenvalue weighted by Gasteiger charge is -2.19. The number of ether oxygens (including phenoxy) is 1. The molecule has 4 rings (SSSR count). The molecule has 154 valence electrons. The Kier molecular flexibility index (Phi) is 5.50. The molecule has 1 N–H and O–H groups in total. The predicted octanol–water partition coefficient (Wildman–Crippen LogP) is 3.92. The van der Waals surface area contributed by atoms with Crippen LogP contribution in [0.25, 0.3) is 0 Å². The molecule has 2 heterocycles. The first-order valence-corrected chi connectivity index (χ1v) is 9.90. The molecule has 0 spiro atoms. The summed E-state index contributed by atoms with van der Waals surface area (Å²) in [4.78, 5) is 25.3. The van der Waals surface area contributed by atoms with Crippen LogP contribution in [0, 0.1) is 17.7 Å². The fraction of sp³-hybridized carbons (Fsp3) is 0.421. The molecule has 1 aromatic carbocycles. The maximum Gasteiger partial charge on any atom is 0.357 e. The van der Waals surface area contributed by atoms with Crippen molar-refractivity contribution in [1.29, 1.82) is 0 Å². The van der Waals surface area contributed by atoms with E-state index in [0.717, 1.165) is 17.5 Å². The van der Waals surface area contributed by atoms with Gasteiger partial charge in [0.05, 0.1) is 23.9 Å². The van der Waals surface area contributed by atoms with Gasteiger partial charge in [-0.25, -0.2) is 14.0 Å². The SMILES string of the molecule is O=C(O)c1nn(C(=O)N2C[C@H]3CC(OCc4cc(F)cc(Cl)c4)C[C@H]3C2)cc1Cl. The van der Waals surface area contributed by atoms with E-state index >= 15 is 0 Å². The van der Waals surface area contributed by atoms with E-state index < -0.39 is 11.8 Å². The molecule has 1 saturated carbocycles. The maximum absolute atomic E-state index is 13.4. The van der Waals surface area contributed by atoms with Crippen LogP contribution in [0.4, 0.5) is 9.18 Å². The van der Waals surface area contributed by atoms with Gasteiger partial charge in [-0.3, -0.25) is 0 Å². The van der Waals surface area contributed by atoms with Crippen molar-refractivity contribution in [1.82, 2.24) is 14.7 Å². The van der Waals surface area contributed by atoms with Crippen LogP contribution in [0.2, 0.25) is 10.0 Å². The summed E-state index contributed by atoms with van der Waals surface area (Å²) in [5.41, 5.74) is 0.346. The molecule has 7 nitrogen and oxygen atoms in total. The molecule has 3 atom stereocenters. The number of carboxylic acid groups (broad SMARTS) is 1. The summed E-state index contributed by atoms with van der Waals surface area (Å²) in [5.74, 6) is -1.08. The number of hydrogen-bond acceptors (Lipinski definition) is 4. The summed E-state index contributed by atoms with van der Waals surface area (Å²) in [7, 11) is 0. The second kappa shape index (κ2) is 7.93. The lowest BCUT2D eigenvalue weighted by Crippen LogP contribution is -2.34. The van der Waals surface area contributed by atoms with E-state index in [0.29, 0.717) is 35.5 Å². The summed E-state index contributed by atoms with van der Waals surface area (Å²) in [5, 5.41) is 13.1. The minimum atomic E-state index is -1.28. The molecule has 1 amide bonds. The Bertz CT molecular complexity index is 933. The highest BCUT2D eigenvalue weighted by atomic mass is 35.5. The van der Waals surface area contributed by atoms with Crippen molar-refractivity contribution in [3.05, 3.63) is 51.5 Å². The van der Waals surface area contributed by atoms with Gasteiger partial charge in [0, 0.05) is 18.1 Å². The van der Waals surface area contributed by atoms with Crippen LogP contribution in [0.1, 0.15) is 28.9 Å². The first-order valence-electron chi connectivity index (χ1n) is 9.14. The number of carbonyl (C=O) groups is 2. The number of nitrogens with zero attached hydrogens (tertiary/aromatic N) is 3. The molecule has 0 radical (unpaired) electrons. The number of aromatic carboxylic acids is 1. The first kappa shape index (κ1) is 20.1. The van der Waals surface area contributed by atoms with Gasteiger partial charge >= 0.3 is 12.0 Å². The quantitative estimate of drug-likeness (QED) is 0.776. The molecular weight excluding hydrogens is 424 g/mol. The topological polar surface area (TPSA) is 84.7 Å². The largest absolute Gasteiger partial charge is 0.476 e. The van der Waals surface area contributed by atoms with Crippen molar-refractivity contribution in [3.63, 3.8) is 0 Å². The van der Waals surface area contributed by atoms with Gasteiger partial charge in [0.2, 0.25) is 0 Å². The number of carboxylic acids is 1. The molecule has 2 aliphatic rings. The van der Waals surface area contributed by atoms with Crippen molar-refractivity contribution < 1.29 is 23.8 Å². The van der Waals surface area contributed by atoms with Crippen LogP contribution in [0.5, 0.6) is 0 Å². The molecular formula is C19H18Cl2FN3O4. The minimum Gasteiger partial charge on any atom is -0.476 e. The third-order valence-electron chi connectivity index (χ3n) is 5.45. The number of rotatable bonds is 4. The zero-order valence-electron chi connectivity index (χ0n) is 15.2. The standard InChI is InChI=1S/C19H18Cl2FN3O4/c20-13-1-10(2-14(22)5-13)9-29-15-3-11-6-24(7-12(11)4-15)19(28)25-8-16(21)17(23-25)18(26)27/h1-2,5,8,11-12,15H,3-4,6-7,9H2,(H,26,27)/t11-,12+,15?. The average Bonchev–Trinajstić information content (AvgIpc) is 3.31. The van der Waals surface area contributed by atoms with Gasteiger partial charge in [-0.2, -0.15) is 9.78 Å². The van der Waals surface area contributed by atoms with Gasteiger partial charge in [-0.05, 0) is 48.4 Å². The number of carbonyl (C=O) groups excluding carboxylic acids is 1. The Balaban J connectivity index is 1.32. The Hall–Kier alpha value is -2.16. The van der Waals surface area contributed by atoms with E-state index in [1.807, 2.05) is 0 Å². The van der Waals surface area contributed by atoms with Gasteiger partial charge in [-0.15, -0.1) is 0 Å². The van der Waals surface area contributed by atoms with Crippen LogP contribution >= 0.6 is 23.2 Å². The van der Waals surface area contributed by atoms with Gasteiger partial charge < -0.3 is 14.7 Å². The van der Waals surface area contributed by atoms with E-state index in [9.17, 15) is 14.0 Å². The molecule has 29 heavy (non-hydrogen) atoms. The fourth-order valence-corrected chi connectivity index (χ4v) is 4.64. The summed E-state index contributed by atoms with van der Waals surface area (Å²) >= 11 is 11.7. The van der Waals surface area contributed by atoms with Crippen LogP contribution in [-0.4, -0.2) is 51.0 Å². The predicted molar refractivity (Wildman–Crippen MR) is 103 cm³/mol. The molecule has 1 saturated heterocycles. The Morgan fingerprint density at radius 1 is 1.21 bits per heavy atom. The van der Waals surface area contributed by atoms with Crippen molar-refractivity contribution in [3.8, 4) is 0 Å². The van der Waals surface area contributed by atoms with Gasteiger partial charge in [-0.1, -0.05) is 23.2 Å². The zero-order valence-corrected chi connectivity index (χ0v) is 16.7. The second-order valence-corrected chi connectivity index (χ2v) is 8.31. The van der Waals surface area contributed by atoms with Crippen molar-refractivity contribution in [2.45, 2.75) is 25.6 Å². The summed E-state index contributed by atoms with van der Waals surface area (Å²) in [6, 6.07) is 3.95. The van der Waals surface area contributed by atoms with Crippen molar-refractivity contribution in [2.75, 3.05) is 13.1 Å². The third-order valence-corrected chi connectivity index (χ3v) is 5.95. The van der Waals surface area contributed by atoms with E-state index in [-0.39, 0.29) is 29.5 Å². The number of fused-ring (bicyclic) bond motifs is 1. The highest BCUT2D eigenvalue weighted by molar-refractivity contribution is 6.33. The van der Waals surface area contributed by atoms with Gasteiger partial charge in [0.15, 0.2) is 5.69 Å². The van der Waals surface area contributed by atoms with Crippen LogP contribution in [0.15, 0.2) is 24.4 Å². The average molecular weight is 442 g/mol. The normalized spacial score (nSPS) is 23.4. The fourth-order valence-electron chi connectivity index (χ4n) is 4.19. The molecule has 2 aromatic rings. The minimum absolute atomic E-state index is 0.0436. The lowest BCUT2D eigenvalue weighted by atomic mass is 10.0. The summed E-state index contributed by atoms with van der Waals surface area (Å²) < 4.78 is 20.3. The van der Waals surface area contributed by atoms with E-state index in [1.54, 1.807) is 11.0 Å². The van der Waals surface area contributed by atoms with E-state index in [4.69, 9.17) is 33.0 Å². The molecule has 1 unspecified atom stereocenters. The second-order valence-electron chi connectivity index (χ2n) is 7.47. The van der Waals surface area contributed by atoms with Crippen molar-refractivity contribution >= 4 is 35.2 Å². The molecule has 0 bridgehead atoms. The monoisotopic (exact) mass is 441 g/mol. The number of likely N-dealkylation sites (tertiary alicyclic amines) is 1. The number of hydrogen-bond donors (Lipinski definition) is 1. The van der Waals surface area contributed by atoms with Crippen molar-refractivity contribution in [2.24, 2.45) is 11.8 Å². The van der Waals surface area contributed by atoms with Gasteiger partial charge in [0.1, 0.15) is 5.82 Å². The Morgan fingerprint density at radius 2 is 1.90 bits per heavy atom. The van der Waals surface area contributed by atoms with E-state index in [1.165, 1.54) is 18.3 Å². The molecule has 1 aliphatic carbocycles.